The first-order valence-corrected chi connectivity index (χ1v) is 7.07. The van der Waals surface area contributed by atoms with E-state index in [9.17, 15) is 4.39 Å². The van der Waals surface area contributed by atoms with Gasteiger partial charge in [-0.25, -0.2) is 4.39 Å². The minimum absolute atomic E-state index is 0.147. The molecule has 0 aliphatic rings. The molecule has 106 valence electrons. The SMILES string of the molecule is Cc1ccc(CNC(C)C)c(-c2cccc(F)c2C)c1. The van der Waals surface area contributed by atoms with Crippen LogP contribution in [0.2, 0.25) is 0 Å². The van der Waals surface area contributed by atoms with Crippen molar-refractivity contribution in [3.8, 4) is 11.1 Å². The van der Waals surface area contributed by atoms with E-state index < -0.39 is 0 Å². The van der Waals surface area contributed by atoms with Gasteiger partial charge in [0.1, 0.15) is 5.82 Å². The molecule has 20 heavy (non-hydrogen) atoms. The highest BCUT2D eigenvalue weighted by Crippen LogP contribution is 2.29. The molecule has 0 aliphatic carbocycles. The molecule has 0 unspecified atom stereocenters. The number of aryl methyl sites for hydroxylation is 1. The Hall–Kier alpha value is -1.67. The van der Waals surface area contributed by atoms with Crippen LogP contribution in [0.25, 0.3) is 11.1 Å². The summed E-state index contributed by atoms with van der Waals surface area (Å²) in [6.45, 7) is 8.95. The average Bonchev–Trinajstić information content (AvgIpc) is 2.40. The van der Waals surface area contributed by atoms with Crippen molar-refractivity contribution in [3.05, 3.63) is 58.9 Å². The van der Waals surface area contributed by atoms with Crippen LogP contribution in [-0.4, -0.2) is 6.04 Å². The van der Waals surface area contributed by atoms with E-state index in [1.807, 2.05) is 13.0 Å². The van der Waals surface area contributed by atoms with E-state index in [0.717, 1.165) is 17.7 Å². The van der Waals surface area contributed by atoms with Crippen LogP contribution < -0.4 is 5.32 Å². The number of hydrogen-bond acceptors (Lipinski definition) is 1. The van der Waals surface area contributed by atoms with Gasteiger partial charge in [-0.2, -0.15) is 0 Å². The highest BCUT2D eigenvalue weighted by atomic mass is 19.1. The summed E-state index contributed by atoms with van der Waals surface area (Å²) in [7, 11) is 0. The smallest absolute Gasteiger partial charge is 0.126 e. The Kier molecular flexibility index (Phi) is 4.56. The zero-order chi connectivity index (χ0) is 14.7. The maximum atomic E-state index is 13.8. The van der Waals surface area contributed by atoms with Gasteiger partial charge in [0.05, 0.1) is 0 Å². The molecule has 0 radical (unpaired) electrons. The summed E-state index contributed by atoms with van der Waals surface area (Å²) in [6.07, 6.45) is 0. The average molecular weight is 271 g/mol. The first-order valence-electron chi connectivity index (χ1n) is 7.07. The maximum absolute atomic E-state index is 13.8. The Balaban J connectivity index is 2.48. The molecule has 0 fully saturated rings. The summed E-state index contributed by atoms with van der Waals surface area (Å²) in [5, 5.41) is 3.43. The van der Waals surface area contributed by atoms with Crippen LogP contribution in [-0.2, 0) is 6.54 Å². The van der Waals surface area contributed by atoms with E-state index in [0.29, 0.717) is 11.6 Å². The molecule has 0 aromatic heterocycles. The second-order valence-corrected chi connectivity index (χ2v) is 5.61. The predicted molar refractivity (Wildman–Crippen MR) is 83.3 cm³/mol. The van der Waals surface area contributed by atoms with Gasteiger partial charge in [-0.3, -0.25) is 0 Å². The van der Waals surface area contributed by atoms with Crippen molar-refractivity contribution >= 4 is 0 Å². The molecule has 2 aromatic rings. The highest BCUT2D eigenvalue weighted by molar-refractivity contribution is 5.71. The Morgan fingerprint density at radius 1 is 1.05 bits per heavy atom. The van der Waals surface area contributed by atoms with Crippen LogP contribution in [0.5, 0.6) is 0 Å². The lowest BCUT2D eigenvalue weighted by atomic mass is 9.94. The monoisotopic (exact) mass is 271 g/mol. The zero-order valence-electron chi connectivity index (χ0n) is 12.6. The van der Waals surface area contributed by atoms with Crippen LogP contribution in [0.15, 0.2) is 36.4 Å². The molecule has 0 amide bonds. The van der Waals surface area contributed by atoms with Crippen molar-refractivity contribution in [2.45, 2.75) is 40.3 Å². The summed E-state index contributed by atoms with van der Waals surface area (Å²) >= 11 is 0. The summed E-state index contributed by atoms with van der Waals surface area (Å²) < 4.78 is 13.8. The summed E-state index contributed by atoms with van der Waals surface area (Å²) in [5.74, 6) is -0.147. The number of nitrogens with one attached hydrogen (secondary N) is 1. The molecule has 0 heterocycles. The van der Waals surface area contributed by atoms with Crippen molar-refractivity contribution in [2.24, 2.45) is 0 Å². The van der Waals surface area contributed by atoms with Crippen molar-refractivity contribution in [1.29, 1.82) is 0 Å². The van der Waals surface area contributed by atoms with Crippen molar-refractivity contribution in [3.63, 3.8) is 0 Å². The summed E-state index contributed by atoms with van der Waals surface area (Å²) in [6, 6.07) is 12.1. The molecule has 0 atom stereocenters. The molecular formula is C18H22FN. The van der Waals surface area contributed by atoms with Gasteiger partial charge >= 0.3 is 0 Å². The molecule has 2 rings (SSSR count). The standard InChI is InChI=1S/C18H22FN/c1-12(2)20-11-15-9-8-13(3)10-17(15)16-6-5-7-18(19)14(16)4/h5-10,12,20H,11H2,1-4H3. The second kappa shape index (κ2) is 6.19. The molecule has 0 bridgehead atoms. The third-order valence-corrected chi connectivity index (χ3v) is 3.52. The van der Waals surface area contributed by atoms with Gasteiger partial charge in [-0.1, -0.05) is 49.7 Å². The third kappa shape index (κ3) is 3.26. The largest absolute Gasteiger partial charge is 0.310 e. The lowest BCUT2D eigenvalue weighted by molar-refractivity contribution is 0.589. The summed E-state index contributed by atoms with van der Waals surface area (Å²) in [5.41, 5.74) is 5.21. The predicted octanol–water partition coefficient (Wildman–Crippen LogP) is 4.61. The molecule has 0 saturated carbocycles. The Bertz CT molecular complexity index is 602. The van der Waals surface area contributed by atoms with Crippen molar-refractivity contribution in [1.82, 2.24) is 5.32 Å². The van der Waals surface area contributed by atoms with Crippen LogP contribution in [0.1, 0.15) is 30.5 Å². The number of hydrogen-bond donors (Lipinski definition) is 1. The van der Waals surface area contributed by atoms with Crippen molar-refractivity contribution < 1.29 is 4.39 Å². The number of rotatable bonds is 4. The third-order valence-electron chi connectivity index (χ3n) is 3.52. The van der Waals surface area contributed by atoms with Crippen molar-refractivity contribution in [2.75, 3.05) is 0 Å². The zero-order valence-corrected chi connectivity index (χ0v) is 12.6. The van der Waals surface area contributed by atoms with E-state index in [2.05, 4.69) is 44.3 Å². The van der Waals surface area contributed by atoms with Gasteiger partial charge in [0.2, 0.25) is 0 Å². The van der Waals surface area contributed by atoms with E-state index in [4.69, 9.17) is 0 Å². The lowest BCUT2D eigenvalue weighted by Crippen LogP contribution is -2.22. The molecule has 0 spiro atoms. The Labute approximate surface area is 120 Å². The Morgan fingerprint density at radius 3 is 2.50 bits per heavy atom. The van der Waals surface area contributed by atoms with Gasteiger partial charge < -0.3 is 5.32 Å². The van der Waals surface area contributed by atoms with E-state index in [1.54, 1.807) is 6.07 Å². The second-order valence-electron chi connectivity index (χ2n) is 5.61. The fraction of sp³-hybridized carbons (Fsp3) is 0.333. The summed E-state index contributed by atoms with van der Waals surface area (Å²) in [4.78, 5) is 0. The van der Waals surface area contributed by atoms with Crippen LogP contribution in [0.3, 0.4) is 0 Å². The molecule has 0 saturated heterocycles. The normalized spacial score (nSPS) is 11.1. The molecule has 1 nitrogen and oxygen atoms in total. The van der Waals surface area contributed by atoms with Gasteiger partial charge in [-0.05, 0) is 42.2 Å². The Morgan fingerprint density at radius 2 is 1.80 bits per heavy atom. The molecule has 2 aromatic carbocycles. The van der Waals surface area contributed by atoms with Crippen LogP contribution in [0.4, 0.5) is 4.39 Å². The molecule has 2 heteroatoms. The fourth-order valence-electron chi connectivity index (χ4n) is 2.31. The van der Waals surface area contributed by atoms with Gasteiger partial charge in [0.15, 0.2) is 0 Å². The van der Waals surface area contributed by atoms with Gasteiger partial charge in [0.25, 0.3) is 0 Å². The van der Waals surface area contributed by atoms with E-state index in [-0.39, 0.29) is 5.82 Å². The topological polar surface area (TPSA) is 12.0 Å². The molecule has 1 N–H and O–H groups in total. The number of halogens is 1. The van der Waals surface area contributed by atoms with E-state index >= 15 is 0 Å². The van der Waals surface area contributed by atoms with Gasteiger partial charge in [0, 0.05) is 12.6 Å². The van der Waals surface area contributed by atoms with Crippen LogP contribution in [0, 0.1) is 19.7 Å². The highest BCUT2D eigenvalue weighted by Gasteiger charge is 2.10. The quantitative estimate of drug-likeness (QED) is 0.856. The fourth-order valence-corrected chi connectivity index (χ4v) is 2.31. The first kappa shape index (κ1) is 14.7. The minimum atomic E-state index is -0.147. The maximum Gasteiger partial charge on any atom is 0.126 e. The van der Waals surface area contributed by atoms with Crippen LogP contribution >= 0.6 is 0 Å². The lowest BCUT2D eigenvalue weighted by Gasteiger charge is -2.15. The minimum Gasteiger partial charge on any atom is -0.310 e. The van der Waals surface area contributed by atoms with E-state index in [1.165, 1.54) is 17.2 Å². The molecular weight excluding hydrogens is 249 g/mol. The van der Waals surface area contributed by atoms with Gasteiger partial charge in [-0.15, -0.1) is 0 Å². The number of benzene rings is 2. The molecule has 0 aliphatic heterocycles. The first-order chi connectivity index (χ1) is 9.49.